The lowest BCUT2D eigenvalue weighted by Gasteiger charge is -2.22. The monoisotopic (exact) mass is 236 g/mol. The highest BCUT2D eigenvalue weighted by atomic mass is 16.2. The van der Waals surface area contributed by atoms with Crippen molar-refractivity contribution in [2.75, 3.05) is 23.7 Å². The fraction of sp³-hybridized carbons (Fsp3) is 0.273. The van der Waals surface area contributed by atoms with Crippen molar-refractivity contribution in [3.05, 3.63) is 23.8 Å². The topological polar surface area (TPSA) is 115 Å². The van der Waals surface area contributed by atoms with Gasteiger partial charge in [-0.25, -0.2) is 0 Å². The molecule has 0 saturated heterocycles. The van der Waals surface area contributed by atoms with E-state index >= 15 is 0 Å². The highest BCUT2D eigenvalue weighted by Gasteiger charge is 2.12. The molecule has 92 valence electrons. The number of aryl methyl sites for hydroxylation is 1. The zero-order chi connectivity index (χ0) is 13.0. The number of carbonyl (C=O) groups is 2. The van der Waals surface area contributed by atoms with E-state index in [1.807, 2.05) is 13.0 Å². The van der Waals surface area contributed by atoms with Crippen LogP contribution in [0.2, 0.25) is 0 Å². The number of rotatable bonds is 5. The first-order chi connectivity index (χ1) is 7.88. The van der Waals surface area contributed by atoms with Crippen molar-refractivity contribution in [2.24, 2.45) is 11.5 Å². The molecule has 0 heterocycles. The largest absolute Gasteiger partial charge is 0.399 e. The van der Waals surface area contributed by atoms with E-state index in [2.05, 4.69) is 0 Å². The van der Waals surface area contributed by atoms with Gasteiger partial charge in [0.1, 0.15) is 0 Å². The van der Waals surface area contributed by atoms with Gasteiger partial charge in [-0.2, -0.15) is 0 Å². The van der Waals surface area contributed by atoms with Gasteiger partial charge in [0.05, 0.1) is 13.1 Å². The summed E-state index contributed by atoms with van der Waals surface area (Å²) in [4.78, 5) is 23.4. The van der Waals surface area contributed by atoms with Gasteiger partial charge in [-0.1, -0.05) is 0 Å². The number of benzene rings is 1. The molecule has 17 heavy (non-hydrogen) atoms. The fourth-order valence-electron chi connectivity index (χ4n) is 1.59. The van der Waals surface area contributed by atoms with Crippen LogP contribution in [0.5, 0.6) is 0 Å². The van der Waals surface area contributed by atoms with Gasteiger partial charge in [0.25, 0.3) is 0 Å². The van der Waals surface area contributed by atoms with E-state index in [4.69, 9.17) is 17.2 Å². The normalized spacial score (nSPS) is 9.94. The van der Waals surface area contributed by atoms with E-state index in [1.165, 1.54) is 4.90 Å². The Kier molecular flexibility index (Phi) is 3.92. The predicted octanol–water partition coefficient (Wildman–Crippen LogP) is -0.646. The van der Waals surface area contributed by atoms with Crippen LogP contribution in [-0.2, 0) is 9.59 Å². The van der Waals surface area contributed by atoms with Crippen LogP contribution in [0.4, 0.5) is 11.4 Å². The lowest BCUT2D eigenvalue weighted by atomic mass is 10.2. The second kappa shape index (κ2) is 5.20. The van der Waals surface area contributed by atoms with Crippen LogP contribution in [0, 0.1) is 6.92 Å². The minimum absolute atomic E-state index is 0.0775. The summed E-state index contributed by atoms with van der Waals surface area (Å²) in [6, 6.07) is 5.26. The summed E-state index contributed by atoms with van der Waals surface area (Å²) in [6.07, 6.45) is 0. The van der Waals surface area contributed by atoms with Crippen LogP contribution in [0.15, 0.2) is 18.2 Å². The number of primary amides is 2. The molecule has 0 saturated carbocycles. The fourth-order valence-corrected chi connectivity index (χ4v) is 1.59. The van der Waals surface area contributed by atoms with Gasteiger partial charge in [-0.15, -0.1) is 0 Å². The van der Waals surface area contributed by atoms with E-state index in [1.54, 1.807) is 12.1 Å². The van der Waals surface area contributed by atoms with Crippen LogP contribution < -0.4 is 22.1 Å². The van der Waals surface area contributed by atoms with Gasteiger partial charge in [-0.05, 0) is 30.7 Å². The summed E-state index contributed by atoms with van der Waals surface area (Å²) in [6.45, 7) is 1.71. The zero-order valence-electron chi connectivity index (χ0n) is 9.64. The maximum absolute atomic E-state index is 10.9. The number of amides is 2. The smallest absolute Gasteiger partial charge is 0.236 e. The third-order valence-electron chi connectivity index (χ3n) is 2.14. The molecule has 0 aliphatic heterocycles. The van der Waals surface area contributed by atoms with Crippen LogP contribution >= 0.6 is 0 Å². The van der Waals surface area contributed by atoms with Gasteiger partial charge < -0.3 is 22.1 Å². The molecule has 6 N–H and O–H groups in total. The van der Waals surface area contributed by atoms with Crippen molar-refractivity contribution in [2.45, 2.75) is 6.92 Å². The average Bonchev–Trinajstić information content (AvgIpc) is 2.13. The van der Waals surface area contributed by atoms with Gasteiger partial charge in [0.15, 0.2) is 0 Å². The Labute approximate surface area is 99.4 Å². The Bertz CT molecular complexity index is 409. The Morgan fingerprint density at radius 1 is 1.12 bits per heavy atom. The summed E-state index contributed by atoms with van der Waals surface area (Å²) in [7, 11) is 0. The summed E-state index contributed by atoms with van der Waals surface area (Å²) >= 11 is 0. The lowest BCUT2D eigenvalue weighted by Crippen LogP contribution is -2.39. The number of anilines is 2. The standard InChI is InChI=1S/C11H16N4O2/c1-7-2-8(12)4-9(3-7)15(5-10(13)16)6-11(14)17/h2-4H,5-6,12H2,1H3,(H2,13,16)(H2,14,17). The van der Waals surface area contributed by atoms with Crippen LogP contribution in [-0.4, -0.2) is 24.9 Å². The van der Waals surface area contributed by atoms with Crippen molar-refractivity contribution in [1.82, 2.24) is 0 Å². The molecule has 0 aliphatic carbocycles. The molecule has 6 heteroatoms. The Morgan fingerprint density at radius 3 is 2.06 bits per heavy atom. The summed E-state index contributed by atoms with van der Waals surface area (Å²) in [5, 5.41) is 0. The van der Waals surface area contributed by atoms with Gasteiger partial charge in [0, 0.05) is 11.4 Å². The van der Waals surface area contributed by atoms with Crippen molar-refractivity contribution >= 4 is 23.2 Å². The Balaban J connectivity index is 3.02. The molecule has 0 aliphatic rings. The second-order valence-corrected chi connectivity index (χ2v) is 3.89. The highest BCUT2D eigenvalue weighted by molar-refractivity contribution is 5.85. The molecule has 0 aromatic heterocycles. The van der Waals surface area contributed by atoms with Crippen molar-refractivity contribution in [1.29, 1.82) is 0 Å². The SMILES string of the molecule is Cc1cc(N)cc(N(CC(N)=O)CC(N)=O)c1. The number of nitrogen functional groups attached to an aromatic ring is 1. The molecule has 0 atom stereocenters. The number of nitrogens with zero attached hydrogens (tertiary/aromatic N) is 1. The molecule has 0 radical (unpaired) electrons. The number of carbonyl (C=O) groups excluding carboxylic acids is 2. The van der Waals surface area contributed by atoms with Gasteiger partial charge in [-0.3, -0.25) is 9.59 Å². The Hall–Kier alpha value is -2.24. The third-order valence-corrected chi connectivity index (χ3v) is 2.14. The molecular weight excluding hydrogens is 220 g/mol. The van der Waals surface area contributed by atoms with Crippen LogP contribution in [0.1, 0.15) is 5.56 Å². The molecule has 6 nitrogen and oxygen atoms in total. The van der Waals surface area contributed by atoms with E-state index in [9.17, 15) is 9.59 Å². The molecule has 1 rings (SSSR count). The first kappa shape index (κ1) is 12.8. The molecule has 0 fully saturated rings. The first-order valence-electron chi connectivity index (χ1n) is 5.07. The minimum atomic E-state index is -0.536. The van der Waals surface area contributed by atoms with Crippen molar-refractivity contribution in [3.8, 4) is 0 Å². The molecular formula is C11H16N4O2. The Morgan fingerprint density at radius 2 is 1.65 bits per heavy atom. The molecule has 1 aromatic carbocycles. The first-order valence-corrected chi connectivity index (χ1v) is 5.07. The second-order valence-electron chi connectivity index (χ2n) is 3.89. The quantitative estimate of drug-likeness (QED) is 0.589. The molecule has 1 aromatic rings. The van der Waals surface area contributed by atoms with Crippen molar-refractivity contribution < 1.29 is 9.59 Å². The van der Waals surface area contributed by atoms with Crippen LogP contribution in [0.25, 0.3) is 0 Å². The zero-order valence-corrected chi connectivity index (χ0v) is 9.64. The number of hydrogen-bond acceptors (Lipinski definition) is 4. The van der Waals surface area contributed by atoms with Gasteiger partial charge in [0.2, 0.25) is 11.8 Å². The maximum Gasteiger partial charge on any atom is 0.236 e. The predicted molar refractivity (Wildman–Crippen MR) is 66.2 cm³/mol. The summed E-state index contributed by atoms with van der Waals surface area (Å²) < 4.78 is 0. The lowest BCUT2D eigenvalue weighted by molar-refractivity contribution is -0.117. The third kappa shape index (κ3) is 4.02. The molecule has 2 amide bonds. The number of nitrogens with two attached hydrogens (primary N) is 3. The van der Waals surface area contributed by atoms with Gasteiger partial charge >= 0.3 is 0 Å². The summed E-state index contributed by atoms with van der Waals surface area (Å²) in [5.41, 5.74) is 18.1. The van der Waals surface area contributed by atoms with E-state index in [0.29, 0.717) is 11.4 Å². The molecule has 0 bridgehead atoms. The minimum Gasteiger partial charge on any atom is -0.399 e. The maximum atomic E-state index is 10.9. The van der Waals surface area contributed by atoms with E-state index in [-0.39, 0.29) is 13.1 Å². The summed E-state index contributed by atoms with van der Waals surface area (Å²) in [5.74, 6) is -1.07. The number of hydrogen-bond donors (Lipinski definition) is 3. The van der Waals surface area contributed by atoms with Crippen molar-refractivity contribution in [3.63, 3.8) is 0 Å². The molecule has 0 spiro atoms. The molecule has 0 unspecified atom stereocenters. The highest BCUT2D eigenvalue weighted by Crippen LogP contribution is 2.19. The van der Waals surface area contributed by atoms with E-state index < -0.39 is 11.8 Å². The van der Waals surface area contributed by atoms with Crippen LogP contribution in [0.3, 0.4) is 0 Å². The van der Waals surface area contributed by atoms with E-state index in [0.717, 1.165) is 5.56 Å². The average molecular weight is 236 g/mol.